The molecule has 140 valence electrons. The van der Waals surface area contributed by atoms with Crippen molar-refractivity contribution in [3.63, 3.8) is 0 Å². The fraction of sp³-hybridized carbons (Fsp3) is 0.158. The van der Waals surface area contributed by atoms with E-state index in [4.69, 9.17) is 0 Å². The molecule has 0 aliphatic carbocycles. The van der Waals surface area contributed by atoms with Crippen LogP contribution in [-0.2, 0) is 21.2 Å². The largest absolute Gasteiger partial charge is 0.326 e. The summed E-state index contributed by atoms with van der Waals surface area (Å²) >= 11 is 1.20. The van der Waals surface area contributed by atoms with Crippen LogP contribution in [0.5, 0.6) is 0 Å². The second-order valence-corrected chi connectivity index (χ2v) is 8.52. The Balaban J connectivity index is 1.56. The summed E-state index contributed by atoms with van der Waals surface area (Å²) in [6.45, 7) is 1.96. The van der Waals surface area contributed by atoms with Gasteiger partial charge in [-0.2, -0.15) is 0 Å². The van der Waals surface area contributed by atoms with Crippen LogP contribution >= 0.6 is 11.3 Å². The molecule has 0 fully saturated rings. The van der Waals surface area contributed by atoms with Crippen molar-refractivity contribution in [3.05, 3.63) is 71.2 Å². The van der Waals surface area contributed by atoms with Crippen LogP contribution in [0.3, 0.4) is 0 Å². The van der Waals surface area contributed by atoms with E-state index in [0.717, 1.165) is 11.3 Å². The molecule has 3 rings (SSSR count). The highest BCUT2D eigenvalue weighted by molar-refractivity contribution is 7.93. The lowest BCUT2D eigenvalue weighted by Crippen LogP contribution is -2.13. The van der Waals surface area contributed by atoms with Crippen molar-refractivity contribution in [2.75, 3.05) is 10.0 Å². The highest BCUT2D eigenvalue weighted by Crippen LogP contribution is 2.21. The van der Waals surface area contributed by atoms with Gasteiger partial charge in [-0.25, -0.2) is 13.4 Å². The normalized spacial score (nSPS) is 11.1. The van der Waals surface area contributed by atoms with Crippen LogP contribution in [0.2, 0.25) is 0 Å². The number of carbonyl (C=O) groups excluding carboxylic acids is 1. The van der Waals surface area contributed by atoms with Crippen LogP contribution in [-0.4, -0.2) is 19.3 Å². The van der Waals surface area contributed by atoms with Gasteiger partial charge in [-0.3, -0.25) is 9.52 Å². The number of hydrogen-bond donors (Lipinski definition) is 2. The molecule has 6 nitrogen and oxygen atoms in total. The fourth-order valence-electron chi connectivity index (χ4n) is 2.43. The Bertz CT molecular complexity index is 1030. The molecule has 0 radical (unpaired) electrons. The number of nitrogens with one attached hydrogen (secondary N) is 2. The Hall–Kier alpha value is -2.71. The van der Waals surface area contributed by atoms with E-state index in [1.807, 2.05) is 31.2 Å². The summed E-state index contributed by atoms with van der Waals surface area (Å²) in [4.78, 5) is 16.5. The number of benzene rings is 2. The van der Waals surface area contributed by atoms with Gasteiger partial charge in [0.15, 0.2) is 5.13 Å². The lowest BCUT2D eigenvalue weighted by Gasteiger charge is -2.05. The van der Waals surface area contributed by atoms with Crippen molar-refractivity contribution in [2.24, 2.45) is 0 Å². The third kappa shape index (κ3) is 5.38. The molecule has 2 aromatic carbocycles. The molecule has 0 bridgehead atoms. The van der Waals surface area contributed by atoms with Crippen LogP contribution in [0.15, 0.2) is 64.9 Å². The average Bonchev–Trinajstić information content (AvgIpc) is 3.07. The van der Waals surface area contributed by atoms with Gasteiger partial charge in [0.1, 0.15) is 0 Å². The van der Waals surface area contributed by atoms with Gasteiger partial charge in [-0.15, -0.1) is 11.3 Å². The molecular formula is C19H19N3O3S2. The van der Waals surface area contributed by atoms with Gasteiger partial charge in [0.2, 0.25) is 5.91 Å². The molecule has 0 saturated heterocycles. The molecule has 0 aliphatic rings. The van der Waals surface area contributed by atoms with Crippen LogP contribution in [0, 0.1) is 6.92 Å². The molecule has 1 aromatic heterocycles. The molecule has 8 heteroatoms. The molecule has 27 heavy (non-hydrogen) atoms. The average molecular weight is 402 g/mol. The lowest BCUT2D eigenvalue weighted by atomic mass is 10.2. The zero-order valence-corrected chi connectivity index (χ0v) is 16.3. The second-order valence-electron chi connectivity index (χ2n) is 5.98. The number of anilines is 2. The van der Waals surface area contributed by atoms with Crippen molar-refractivity contribution in [3.8, 4) is 0 Å². The summed E-state index contributed by atoms with van der Waals surface area (Å²) in [5, 5.41) is 4.88. The summed E-state index contributed by atoms with van der Waals surface area (Å²) < 4.78 is 27.1. The second kappa shape index (κ2) is 8.32. The Morgan fingerprint density at radius 3 is 2.63 bits per heavy atom. The van der Waals surface area contributed by atoms with Crippen LogP contribution in [0.4, 0.5) is 10.8 Å². The summed E-state index contributed by atoms with van der Waals surface area (Å²) in [5.41, 5.74) is 2.50. The third-order valence-electron chi connectivity index (χ3n) is 3.74. The molecule has 0 atom stereocenters. The number of amides is 1. The van der Waals surface area contributed by atoms with Crippen LogP contribution in [0.25, 0.3) is 0 Å². The molecule has 0 spiro atoms. The van der Waals surface area contributed by atoms with Gasteiger partial charge in [0.25, 0.3) is 10.0 Å². The predicted molar refractivity (Wildman–Crippen MR) is 107 cm³/mol. The smallest absolute Gasteiger partial charge is 0.263 e. The number of carbonyl (C=O) groups is 1. The molecular weight excluding hydrogens is 382 g/mol. The Morgan fingerprint density at radius 2 is 1.89 bits per heavy atom. The highest BCUT2D eigenvalue weighted by atomic mass is 32.2. The van der Waals surface area contributed by atoms with Gasteiger partial charge in [-0.1, -0.05) is 30.3 Å². The van der Waals surface area contributed by atoms with E-state index in [1.165, 1.54) is 23.5 Å². The zero-order chi connectivity index (χ0) is 19.3. The Labute approximate surface area is 162 Å². The number of nitrogens with zero attached hydrogens (tertiary/aromatic N) is 1. The maximum absolute atomic E-state index is 12.3. The predicted octanol–water partition coefficient (Wildman–Crippen LogP) is 3.82. The van der Waals surface area contributed by atoms with Crippen molar-refractivity contribution in [2.45, 2.75) is 24.7 Å². The fourth-order valence-corrected chi connectivity index (χ4v) is 4.45. The van der Waals surface area contributed by atoms with Gasteiger partial charge in [-0.05, 0) is 43.2 Å². The molecule has 2 N–H and O–H groups in total. The first kappa shape index (κ1) is 19.1. The van der Waals surface area contributed by atoms with Crippen molar-refractivity contribution in [1.82, 2.24) is 4.98 Å². The van der Waals surface area contributed by atoms with E-state index in [-0.39, 0.29) is 22.4 Å². The van der Waals surface area contributed by atoms with E-state index in [2.05, 4.69) is 15.0 Å². The van der Waals surface area contributed by atoms with E-state index in [9.17, 15) is 13.2 Å². The highest BCUT2D eigenvalue weighted by Gasteiger charge is 2.16. The van der Waals surface area contributed by atoms with Gasteiger partial charge < -0.3 is 5.32 Å². The molecule has 0 aliphatic heterocycles. The zero-order valence-electron chi connectivity index (χ0n) is 14.7. The monoisotopic (exact) mass is 401 g/mol. The first-order valence-corrected chi connectivity index (χ1v) is 10.7. The number of aryl methyl sites for hydroxylation is 2. The number of thiazole rings is 1. The minimum atomic E-state index is -3.66. The lowest BCUT2D eigenvalue weighted by molar-refractivity contribution is -0.116. The topological polar surface area (TPSA) is 88.2 Å². The molecule has 1 heterocycles. The van der Waals surface area contributed by atoms with Crippen LogP contribution < -0.4 is 10.0 Å². The van der Waals surface area contributed by atoms with E-state index < -0.39 is 10.0 Å². The van der Waals surface area contributed by atoms with E-state index in [1.54, 1.807) is 23.6 Å². The minimum absolute atomic E-state index is 0.111. The summed E-state index contributed by atoms with van der Waals surface area (Å²) in [5.74, 6) is -0.111. The third-order valence-corrected chi connectivity index (χ3v) is 6.03. The maximum atomic E-state index is 12.3. The standard InChI is InChI=1S/C19H19N3O3S2/c1-14-6-5-7-15(12-14)20-18(23)11-10-16-13-26-19(21-16)22-27(24,25)17-8-3-2-4-9-17/h2-9,12-13H,10-11H2,1H3,(H,20,23)(H,21,22). The SMILES string of the molecule is Cc1cccc(NC(=O)CCc2csc(NS(=O)(=O)c3ccccc3)n2)c1. The summed E-state index contributed by atoms with van der Waals surface area (Å²) in [6.07, 6.45) is 0.698. The number of sulfonamides is 1. The molecule has 1 amide bonds. The first-order valence-electron chi connectivity index (χ1n) is 8.31. The number of rotatable bonds is 7. The van der Waals surface area contributed by atoms with Crippen LogP contribution in [0.1, 0.15) is 17.7 Å². The summed E-state index contributed by atoms with van der Waals surface area (Å²) in [6, 6.07) is 15.7. The maximum Gasteiger partial charge on any atom is 0.263 e. The van der Waals surface area contributed by atoms with Gasteiger partial charge in [0, 0.05) is 17.5 Å². The van der Waals surface area contributed by atoms with E-state index in [0.29, 0.717) is 12.1 Å². The minimum Gasteiger partial charge on any atom is -0.326 e. The van der Waals surface area contributed by atoms with Crippen molar-refractivity contribution < 1.29 is 13.2 Å². The van der Waals surface area contributed by atoms with Gasteiger partial charge in [0.05, 0.1) is 10.6 Å². The molecule has 3 aromatic rings. The van der Waals surface area contributed by atoms with Gasteiger partial charge >= 0.3 is 0 Å². The summed E-state index contributed by atoms with van der Waals surface area (Å²) in [7, 11) is -3.66. The molecule has 0 saturated carbocycles. The van der Waals surface area contributed by atoms with E-state index >= 15 is 0 Å². The number of aromatic nitrogens is 1. The number of hydrogen-bond acceptors (Lipinski definition) is 5. The van der Waals surface area contributed by atoms with Crippen molar-refractivity contribution >= 4 is 38.1 Å². The Kier molecular flexibility index (Phi) is 5.88. The van der Waals surface area contributed by atoms with Crippen molar-refractivity contribution in [1.29, 1.82) is 0 Å². The Morgan fingerprint density at radius 1 is 1.11 bits per heavy atom. The quantitative estimate of drug-likeness (QED) is 0.630. The molecule has 0 unspecified atom stereocenters. The first-order chi connectivity index (χ1) is 12.9.